The minimum Gasteiger partial charge on any atom is -0.293 e. The molecule has 0 bridgehead atoms. The van der Waals surface area contributed by atoms with Crippen molar-refractivity contribution in [1.29, 1.82) is 0 Å². The van der Waals surface area contributed by atoms with E-state index in [0.29, 0.717) is 6.42 Å². The molecule has 0 unspecified atom stereocenters. The van der Waals surface area contributed by atoms with Crippen LogP contribution in [0.4, 0.5) is 0 Å². The normalized spacial score (nSPS) is 10.4. The fourth-order valence-corrected chi connectivity index (χ4v) is 2.58. The summed E-state index contributed by atoms with van der Waals surface area (Å²) in [4.78, 5) is 13.4. The lowest BCUT2D eigenvalue weighted by molar-refractivity contribution is 0.0992. The van der Waals surface area contributed by atoms with Gasteiger partial charge in [0.15, 0.2) is 5.78 Å². The fourth-order valence-electron chi connectivity index (χ4n) is 1.43. The van der Waals surface area contributed by atoms with E-state index in [0.717, 1.165) is 20.3 Å². The van der Waals surface area contributed by atoms with Crippen LogP contribution in [0.5, 0.6) is 0 Å². The van der Waals surface area contributed by atoms with Gasteiger partial charge >= 0.3 is 0 Å². The summed E-state index contributed by atoms with van der Waals surface area (Å²) in [6, 6.07) is 11.5. The quantitative estimate of drug-likeness (QED) is 0.724. The van der Waals surface area contributed by atoms with Crippen LogP contribution in [0.25, 0.3) is 10.4 Å². The van der Waals surface area contributed by atoms with Gasteiger partial charge in [-0.25, -0.2) is 0 Å². The zero-order chi connectivity index (χ0) is 11.5. The van der Waals surface area contributed by atoms with Crippen LogP contribution in [0.3, 0.4) is 0 Å². The molecule has 0 spiro atoms. The highest BCUT2D eigenvalue weighted by Gasteiger charge is 2.07. The molecule has 1 aromatic carbocycles. The number of rotatable bonds is 3. The fraction of sp³-hybridized carbons (Fsp3) is 0.154. The van der Waals surface area contributed by atoms with Crippen molar-refractivity contribution in [1.82, 2.24) is 0 Å². The molecule has 0 atom stereocenters. The summed E-state index contributed by atoms with van der Waals surface area (Å²) in [5.74, 6) is 0.199. The Morgan fingerprint density at radius 1 is 1.19 bits per heavy atom. The van der Waals surface area contributed by atoms with E-state index < -0.39 is 0 Å². The average Bonchev–Trinajstić information content (AvgIpc) is 2.78. The maximum atomic E-state index is 11.5. The third-order valence-corrected chi connectivity index (χ3v) is 3.76. The molecule has 3 heteroatoms. The van der Waals surface area contributed by atoms with E-state index in [2.05, 4.69) is 0 Å². The molecule has 1 nitrogen and oxygen atoms in total. The summed E-state index contributed by atoms with van der Waals surface area (Å²) < 4.78 is 0. The van der Waals surface area contributed by atoms with Crippen LogP contribution in [-0.2, 0) is 0 Å². The van der Waals surface area contributed by atoms with Crippen molar-refractivity contribution in [2.75, 3.05) is 0 Å². The van der Waals surface area contributed by atoms with Crippen LogP contribution < -0.4 is 0 Å². The molecule has 0 aliphatic rings. The predicted molar refractivity (Wildman–Crippen MR) is 69.4 cm³/mol. The van der Waals surface area contributed by atoms with Crippen molar-refractivity contribution in [3.8, 4) is 10.4 Å². The van der Waals surface area contributed by atoms with E-state index in [-0.39, 0.29) is 5.78 Å². The summed E-state index contributed by atoms with van der Waals surface area (Å²) in [5, 5.41) is 0.727. The first-order valence-corrected chi connectivity index (χ1v) is 6.29. The molecule has 0 N–H and O–H groups in total. The number of thiophene rings is 1. The third kappa shape index (κ3) is 2.34. The number of carbonyl (C=O) groups excluding carboxylic acids is 1. The van der Waals surface area contributed by atoms with Gasteiger partial charge in [0.05, 0.1) is 4.88 Å². The second-order valence-corrected chi connectivity index (χ2v) is 4.97. The maximum Gasteiger partial charge on any atom is 0.172 e. The lowest BCUT2D eigenvalue weighted by atomic mass is 10.2. The van der Waals surface area contributed by atoms with Gasteiger partial charge in [-0.3, -0.25) is 4.79 Å². The Kier molecular flexibility index (Phi) is 3.42. The van der Waals surface area contributed by atoms with E-state index in [1.54, 1.807) is 0 Å². The zero-order valence-electron chi connectivity index (χ0n) is 8.87. The Hall–Kier alpha value is -1.12. The van der Waals surface area contributed by atoms with Crippen LogP contribution in [0.1, 0.15) is 23.0 Å². The molecule has 1 heterocycles. The summed E-state index contributed by atoms with van der Waals surface area (Å²) in [6.07, 6.45) is 0.556. The first-order valence-electron chi connectivity index (χ1n) is 5.09. The number of hydrogen-bond acceptors (Lipinski definition) is 2. The smallest absolute Gasteiger partial charge is 0.172 e. The van der Waals surface area contributed by atoms with Crippen molar-refractivity contribution in [2.24, 2.45) is 0 Å². The first kappa shape index (κ1) is 11.4. The number of ketones is 1. The van der Waals surface area contributed by atoms with Crippen molar-refractivity contribution in [2.45, 2.75) is 13.3 Å². The molecular formula is C13H11ClOS. The number of hydrogen-bond donors (Lipinski definition) is 0. The van der Waals surface area contributed by atoms with Crippen LogP contribution >= 0.6 is 22.9 Å². The molecule has 0 radical (unpaired) electrons. The standard InChI is InChI=1S/C13H11ClOS/c1-2-11(15)13-8-7-12(16-13)9-3-5-10(14)6-4-9/h3-8H,2H2,1H3. The van der Waals surface area contributed by atoms with Gasteiger partial charge in [-0.1, -0.05) is 30.7 Å². The van der Waals surface area contributed by atoms with Crippen LogP contribution in [-0.4, -0.2) is 5.78 Å². The summed E-state index contributed by atoms with van der Waals surface area (Å²) in [7, 11) is 0. The number of Topliss-reactive ketones (excluding diaryl/α,β-unsaturated/α-hetero) is 1. The Morgan fingerprint density at radius 3 is 2.50 bits per heavy atom. The van der Waals surface area contributed by atoms with E-state index in [9.17, 15) is 4.79 Å². The monoisotopic (exact) mass is 250 g/mol. The Morgan fingerprint density at radius 2 is 1.88 bits per heavy atom. The Labute approximate surface area is 104 Å². The maximum absolute atomic E-state index is 11.5. The van der Waals surface area contributed by atoms with Gasteiger partial charge in [0.2, 0.25) is 0 Å². The first-order chi connectivity index (χ1) is 7.70. The van der Waals surface area contributed by atoms with E-state index in [4.69, 9.17) is 11.6 Å². The molecule has 0 fully saturated rings. The number of benzene rings is 1. The predicted octanol–water partition coefficient (Wildman–Crippen LogP) is 4.66. The average molecular weight is 251 g/mol. The highest BCUT2D eigenvalue weighted by Crippen LogP contribution is 2.29. The molecule has 0 amide bonds. The minimum absolute atomic E-state index is 0.199. The lowest BCUT2D eigenvalue weighted by Crippen LogP contribution is -1.90. The van der Waals surface area contributed by atoms with E-state index >= 15 is 0 Å². The van der Waals surface area contributed by atoms with Crippen molar-refractivity contribution >= 4 is 28.7 Å². The summed E-state index contributed by atoms with van der Waals surface area (Å²) in [6.45, 7) is 1.88. The topological polar surface area (TPSA) is 17.1 Å². The zero-order valence-corrected chi connectivity index (χ0v) is 10.4. The van der Waals surface area contributed by atoms with Gasteiger partial charge in [0.25, 0.3) is 0 Å². The molecule has 16 heavy (non-hydrogen) atoms. The molecule has 2 rings (SSSR count). The van der Waals surface area contributed by atoms with E-state index in [1.165, 1.54) is 11.3 Å². The molecule has 0 aliphatic carbocycles. The highest BCUT2D eigenvalue weighted by atomic mass is 35.5. The van der Waals surface area contributed by atoms with Crippen molar-refractivity contribution < 1.29 is 4.79 Å². The SMILES string of the molecule is CCC(=O)c1ccc(-c2ccc(Cl)cc2)s1. The molecule has 0 saturated carbocycles. The van der Waals surface area contributed by atoms with Gasteiger partial charge in [0, 0.05) is 16.3 Å². The van der Waals surface area contributed by atoms with Crippen molar-refractivity contribution in [3.63, 3.8) is 0 Å². The molecule has 82 valence electrons. The molecule has 1 aromatic heterocycles. The van der Waals surface area contributed by atoms with Crippen LogP contribution in [0.15, 0.2) is 36.4 Å². The van der Waals surface area contributed by atoms with Crippen LogP contribution in [0, 0.1) is 0 Å². The largest absolute Gasteiger partial charge is 0.293 e. The van der Waals surface area contributed by atoms with Gasteiger partial charge in [-0.15, -0.1) is 11.3 Å². The third-order valence-electron chi connectivity index (χ3n) is 2.33. The second-order valence-electron chi connectivity index (χ2n) is 3.45. The highest BCUT2D eigenvalue weighted by molar-refractivity contribution is 7.17. The molecular weight excluding hydrogens is 240 g/mol. The molecule has 2 aromatic rings. The number of halogens is 1. The van der Waals surface area contributed by atoms with Gasteiger partial charge in [0.1, 0.15) is 0 Å². The summed E-state index contributed by atoms with van der Waals surface area (Å²) >= 11 is 7.36. The summed E-state index contributed by atoms with van der Waals surface area (Å²) in [5.41, 5.74) is 1.10. The van der Waals surface area contributed by atoms with Gasteiger partial charge < -0.3 is 0 Å². The van der Waals surface area contributed by atoms with E-state index in [1.807, 2.05) is 43.3 Å². The molecule has 0 saturated heterocycles. The minimum atomic E-state index is 0.199. The molecule has 0 aliphatic heterocycles. The second kappa shape index (κ2) is 4.81. The Balaban J connectivity index is 2.31. The van der Waals surface area contributed by atoms with Gasteiger partial charge in [-0.2, -0.15) is 0 Å². The Bertz CT molecular complexity index is 499. The van der Waals surface area contributed by atoms with Crippen LogP contribution in [0.2, 0.25) is 5.02 Å². The van der Waals surface area contributed by atoms with Gasteiger partial charge in [-0.05, 0) is 29.8 Å². The lowest BCUT2D eigenvalue weighted by Gasteiger charge is -1.96. The van der Waals surface area contributed by atoms with Crippen molar-refractivity contribution in [3.05, 3.63) is 46.3 Å². The number of carbonyl (C=O) groups is 1.